The second-order valence-corrected chi connectivity index (χ2v) is 3.35. The number of carbonyl (C=O) groups is 1. The van der Waals surface area contributed by atoms with Crippen LogP contribution in [0.15, 0.2) is 28.7 Å². The molecular weight excluding hydrogens is 234 g/mol. The minimum absolute atomic E-state index is 0.104. The van der Waals surface area contributed by atoms with Crippen LogP contribution in [0, 0.1) is 0 Å². The number of phenolic OH excluding ortho intramolecular Hbond substituents is 1. The van der Waals surface area contributed by atoms with Gasteiger partial charge in [0.1, 0.15) is 5.75 Å². The van der Waals surface area contributed by atoms with Crippen molar-refractivity contribution in [3.05, 3.63) is 34.3 Å². The van der Waals surface area contributed by atoms with Crippen LogP contribution in [0.3, 0.4) is 0 Å². The molecule has 0 saturated carbocycles. The standard InChI is InChI=1S/C9H8BrNO2/c10-7-3-1-6(8(12)5-7)2-4-9(11)13/h1-5,12H,(H2,11,13). The zero-order valence-electron chi connectivity index (χ0n) is 6.70. The van der Waals surface area contributed by atoms with Crippen LogP contribution >= 0.6 is 15.9 Å². The molecule has 3 nitrogen and oxygen atoms in total. The van der Waals surface area contributed by atoms with Crippen LogP contribution in [-0.4, -0.2) is 11.0 Å². The van der Waals surface area contributed by atoms with Crippen LogP contribution in [-0.2, 0) is 4.79 Å². The molecule has 3 N–H and O–H groups in total. The molecule has 0 aliphatic carbocycles. The maximum atomic E-state index is 10.4. The van der Waals surface area contributed by atoms with Crippen molar-refractivity contribution in [2.24, 2.45) is 5.73 Å². The van der Waals surface area contributed by atoms with Gasteiger partial charge in [-0.15, -0.1) is 0 Å². The van der Waals surface area contributed by atoms with Gasteiger partial charge < -0.3 is 10.8 Å². The SMILES string of the molecule is NC(=O)C=Cc1ccc(Br)cc1O. The van der Waals surface area contributed by atoms with Crippen molar-refractivity contribution in [1.82, 2.24) is 0 Å². The summed E-state index contributed by atoms with van der Waals surface area (Å²) in [5.74, 6) is -0.436. The summed E-state index contributed by atoms with van der Waals surface area (Å²) >= 11 is 3.20. The number of hydrogen-bond donors (Lipinski definition) is 2. The number of aromatic hydroxyl groups is 1. The number of halogens is 1. The highest BCUT2D eigenvalue weighted by atomic mass is 79.9. The summed E-state index contributed by atoms with van der Waals surface area (Å²) in [6.45, 7) is 0. The molecule has 1 aromatic rings. The summed E-state index contributed by atoms with van der Waals surface area (Å²) in [6.07, 6.45) is 2.66. The smallest absolute Gasteiger partial charge is 0.241 e. The predicted octanol–water partition coefficient (Wildman–Crippen LogP) is 1.65. The molecular formula is C9H8BrNO2. The number of phenols is 1. The lowest BCUT2D eigenvalue weighted by molar-refractivity contribution is -0.113. The normalized spacial score (nSPS) is 10.5. The molecule has 0 fully saturated rings. The second kappa shape index (κ2) is 4.09. The molecule has 0 aliphatic heterocycles. The van der Waals surface area contributed by atoms with Crippen molar-refractivity contribution in [2.45, 2.75) is 0 Å². The average Bonchev–Trinajstić information content (AvgIpc) is 2.02. The molecule has 0 aromatic heterocycles. The lowest BCUT2D eigenvalue weighted by Crippen LogP contribution is -2.05. The summed E-state index contributed by atoms with van der Waals surface area (Å²) in [7, 11) is 0. The third kappa shape index (κ3) is 2.91. The molecule has 0 atom stereocenters. The van der Waals surface area contributed by atoms with E-state index in [1.807, 2.05) is 0 Å². The van der Waals surface area contributed by atoms with Gasteiger partial charge in [-0.05, 0) is 18.2 Å². The van der Waals surface area contributed by atoms with E-state index < -0.39 is 5.91 Å². The lowest BCUT2D eigenvalue weighted by atomic mass is 10.2. The molecule has 1 aromatic carbocycles. The van der Waals surface area contributed by atoms with E-state index in [4.69, 9.17) is 5.73 Å². The third-order valence-corrected chi connectivity index (χ3v) is 1.91. The minimum Gasteiger partial charge on any atom is -0.507 e. The van der Waals surface area contributed by atoms with Gasteiger partial charge in [0.2, 0.25) is 5.91 Å². The summed E-state index contributed by atoms with van der Waals surface area (Å²) in [6, 6.07) is 4.99. The molecule has 0 unspecified atom stereocenters. The first-order chi connectivity index (χ1) is 6.09. The highest BCUT2D eigenvalue weighted by Crippen LogP contribution is 2.23. The zero-order valence-corrected chi connectivity index (χ0v) is 8.28. The number of carbonyl (C=O) groups excluding carboxylic acids is 1. The third-order valence-electron chi connectivity index (χ3n) is 1.42. The molecule has 0 radical (unpaired) electrons. The van der Waals surface area contributed by atoms with Gasteiger partial charge in [0.25, 0.3) is 0 Å². The van der Waals surface area contributed by atoms with Crippen LogP contribution in [0.2, 0.25) is 0 Å². The van der Waals surface area contributed by atoms with Crippen LogP contribution in [0.25, 0.3) is 6.08 Å². The average molecular weight is 242 g/mol. The van der Waals surface area contributed by atoms with E-state index >= 15 is 0 Å². The minimum atomic E-state index is -0.540. The maximum Gasteiger partial charge on any atom is 0.241 e. The molecule has 1 rings (SSSR count). The monoisotopic (exact) mass is 241 g/mol. The number of primary amides is 1. The Hall–Kier alpha value is -1.29. The summed E-state index contributed by atoms with van der Waals surface area (Å²) < 4.78 is 0.779. The lowest BCUT2D eigenvalue weighted by Gasteiger charge is -1.98. The number of hydrogen-bond acceptors (Lipinski definition) is 2. The predicted molar refractivity (Wildman–Crippen MR) is 54.0 cm³/mol. The fourth-order valence-corrected chi connectivity index (χ4v) is 1.18. The number of rotatable bonds is 2. The molecule has 68 valence electrons. The van der Waals surface area contributed by atoms with Crippen molar-refractivity contribution in [1.29, 1.82) is 0 Å². The Morgan fingerprint density at radius 1 is 1.54 bits per heavy atom. The van der Waals surface area contributed by atoms with E-state index in [2.05, 4.69) is 15.9 Å². The van der Waals surface area contributed by atoms with Gasteiger partial charge in [-0.25, -0.2) is 0 Å². The van der Waals surface area contributed by atoms with E-state index in [0.717, 1.165) is 4.47 Å². The molecule has 0 heterocycles. The Morgan fingerprint density at radius 2 is 2.23 bits per heavy atom. The van der Waals surface area contributed by atoms with E-state index in [0.29, 0.717) is 5.56 Å². The van der Waals surface area contributed by atoms with Crippen molar-refractivity contribution in [2.75, 3.05) is 0 Å². The van der Waals surface area contributed by atoms with Gasteiger partial charge in [-0.3, -0.25) is 4.79 Å². The first kappa shape index (κ1) is 9.80. The van der Waals surface area contributed by atoms with Crippen molar-refractivity contribution in [3.63, 3.8) is 0 Å². The van der Waals surface area contributed by atoms with Gasteiger partial charge in [-0.2, -0.15) is 0 Å². The highest BCUT2D eigenvalue weighted by Gasteiger charge is 1.97. The molecule has 0 spiro atoms. The van der Waals surface area contributed by atoms with Gasteiger partial charge >= 0.3 is 0 Å². The first-order valence-corrected chi connectivity index (χ1v) is 4.35. The summed E-state index contributed by atoms with van der Waals surface area (Å²) in [5, 5.41) is 9.37. The van der Waals surface area contributed by atoms with Crippen molar-refractivity contribution in [3.8, 4) is 5.75 Å². The Bertz CT molecular complexity index is 361. The van der Waals surface area contributed by atoms with Gasteiger partial charge in [-0.1, -0.05) is 22.0 Å². The molecule has 13 heavy (non-hydrogen) atoms. The van der Waals surface area contributed by atoms with Crippen LogP contribution < -0.4 is 5.73 Å². The fraction of sp³-hybridized carbons (Fsp3) is 0. The van der Waals surface area contributed by atoms with Gasteiger partial charge in [0, 0.05) is 16.1 Å². The van der Waals surface area contributed by atoms with Gasteiger partial charge in [0.15, 0.2) is 0 Å². The van der Waals surface area contributed by atoms with Gasteiger partial charge in [0.05, 0.1) is 0 Å². The fourth-order valence-electron chi connectivity index (χ4n) is 0.830. The van der Waals surface area contributed by atoms with Crippen molar-refractivity contribution < 1.29 is 9.90 Å². The molecule has 1 amide bonds. The maximum absolute atomic E-state index is 10.4. The summed E-state index contributed by atoms with van der Waals surface area (Å²) in [5.41, 5.74) is 5.46. The quantitative estimate of drug-likeness (QED) is 0.774. The largest absolute Gasteiger partial charge is 0.507 e. The molecule has 0 bridgehead atoms. The second-order valence-electron chi connectivity index (χ2n) is 2.44. The van der Waals surface area contributed by atoms with Crippen molar-refractivity contribution >= 4 is 27.9 Å². The highest BCUT2D eigenvalue weighted by molar-refractivity contribution is 9.10. The van der Waals surface area contributed by atoms with E-state index in [9.17, 15) is 9.90 Å². The zero-order chi connectivity index (χ0) is 9.84. The van der Waals surface area contributed by atoms with E-state index in [-0.39, 0.29) is 5.75 Å². The Labute approximate surface area is 84.0 Å². The Morgan fingerprint density at radius 3 is 2.77 bits per heavy atom. The first-order valence-electron chi connectivity index (χ1n) is 3.55. The number of nitrogens with two attached hydrogens (primary N) is 1. The molecule has 4 heteroatoms. The topological polar surface area (TPSA) is 63.3 Å². The van der Waals surface area contributed by atoms with Crippen LogP contribution in [0.5, 0.6) is 5.75 Å². The number of benzene rings is 1. The molecule has 0 aliphatic rings. The summed E-state index contributed by atoms with van der Waals surface area (Å²) in [4.78, 5) is 10.4. The molecule has 0 saturated heterocycles. The Kier molecular flexibility index (Phi) is 3.08. The van der Waals surface area contributed by atoms with E-state index in [1.54, 1.807) is 18.2 Å². The van der Waals surface area contributed by atoms with Crippen LogP contribution in [0.4, 0.5) is 0 Å². The Balaban J connectivity index is 2.96. The van der Waals surface area contributed by atoms with Crippen LogP contribution in [0.1, 0.15) is 5.56 Å². The van der Waals surface area contributed by atoms with E-state index in [1.165, 1.54) is 12.2 Å². The number of amides is 1.